The third kappa shape index (κ3) is 4.74. The monoisotopic (exact) mass is 482 g/mol. The molecule has 29 heavy (non-hydrogen) atoms. The number of carbonyl (C=O) groups is 1. The fraction of sp³-hybridized carbons (Fsp3) is 0.235. The van der Waals surface area contributed by atoms with E-state index in [1.165, 1.54) is 27.8 Å². The molecule has 0 radical (unpaired) electrons. The van der Waals surface area contributed by atoms with Gasteiger partial charge in [0.15, 0.2) is 12.4 Å². The van der Waals surface area contributed by atoms with Gasteiger partial charge in [0.1, 0.15) is 5.75 Å². The number of amides is 1. The Labute approximate surface area is 178 Å². The summed E-state index contributed by atoms with van der Waals surface area (Å²) < 4.78 is 9.47. The average Bonchev–Trinajstić information content (AvgIpc) is 3.28. The SMILES string of the molecule is CN(Cc1c(Br)cnn1C)C(=O)c1ccn(COc2ccc([N+](=O)[O-])cc2Cl)n1. The molecule has 0 saturated carbocycles. The molecule has 0 aliphatic rings. The molecular weight excluding hydrogens is 468 g/mol. The van der Waals surface area contributed by atoms with Crippen LogP contribution in [0, 0.1) is 10.1 Å². The molecule has 0 aliphatic heterocycles. The Balaban J connectivity index is 1.63. The van der Waals surface area contributed by atoms with Gasteiger partial charge in [-0.1, -0.05) is 11.6 Å². The molecule has 1 amide bonds. The van der Waals surface area contributed by atoms with Gasteiger partial charge >= 0.3 is 0 Å². The Bertz CT molecular complexity index is 1050. The van der Waals surface area contributed by atoms with Crippen molar-refractivity contribution in [3.05, 3.63) is 67.7 Å². The maximum absolute atomic E-state index is 12.6. The highest BCUT2D eigenvalue weighted by Crippen LogP contribution is 2.28. The number of halogens is 2. The van der Waals surface area contributed by atoms with Crippen molar-refractivity contribution in [2.45, 2.75) is 13.3 Å². The lowest BCUT2D eigenvalue weighted by Crippen LogP contribution is -2.28. The topological polar surface area (TPSA) is 108 Å². The first-order chi connectivity index (χ1) is 13.8. The number of carbonyl (C=O) groups excluding carboxylic acids is 1. The van der Waals surface area contributed by atoms with Crippen molar-refractivity contribution in [1.82, 2.24) is 24.5 Å². The highest BCUT2D eigenvalue weighted by Gasteiger charge is 2.18. The molecule has 2 heterocycles. The lowest BCUT2D eigenvalue weighted by Gasteiger charge is -2.16. The first kappa shape index (κ1) is 20.8. The van der Waals surface area contributed by atoms with E-state index in [0.717, 1.165) is 10.2 Å². The highest BCUT2D eigenvalue weighted by atomic mass is 79.9. The second-order valence-corrected chi connectivity index (χ2v) is 7.37. The molecule has 0 saturated heterocycles. The number of nitro benzene ring substituents is 1. The van der Waals surface area contributed by atoms with Crippen LogP contribution in [0.3, 0.4) is 0 Å². The van der Waals surface area contributed by atoms with Gasteiger partial charge in [-0.25, -0.2) is 4.68 Å². The zero-order chi connectivity index (χ0) is 21.1. The summed E-state index contributed by atoms with van der Waals surface area (Å²) in [6.45, 7) is 0.347. The molecular formula is C17H16BrClN6O4. The quantitative estimate of drug-likeness (QED) is 0.377. The maximum atomic E-state index is 12.6. The van der Waals surface area contributed by atoms with Crippen LogP contribution in [-0.2, 0) is 20.3 Å². The standard InChI is InChI=1S/C17H16BrClN6O4/c1-22(9-15-12(18)8-20-23(15)2)17(26)14-5-6-24(21-14)10-29-16-4-3-11(25(27)28)7-13(16)19/h3-8H,9-10H2,1-2H3. The van der Waals surface area contributed by atoms with Crippen LogP contribution < -0.4 is 4.74 Å². The van der Waals surface area contributed by atoms with E-state index in [4.69, 9.17) is 16.3 Å². The van der Waals surface area contributed by atoms with E-state index >= 15 is 0 Å². The fourth-order valence-corrected chi connectivity index (χ4v) is 3.21. The lowest BCUT2D eigenvalue weighted by molar-refractivity contribution is -0.384. The smallest absolute Gasteiger partial charge is 0.274 e. The molecule has 0 N–H and O–H groups in total. The third-order valence-corrected chi connectivity index (χ3v) is 5.04. The first-order valence-electron chi connectivity index (χ1n) is 8.28. The van der Waals surface area contributed by atoms with Crippen molar-refractivity contribution in [2.75, 3.05) is 7.05 Å². The largest absolute Gasteiger partial charge is 0.470 e. The molecule has 0 fully saturated rings. The van der Waals surface area contributed by atoms with Gasteiger partial charge in [0.25, 0.3) is 11.6 Å². The van der Waals surface area contributed by atoms with Crippen LogP contribution in [0.1, 0.15) is 16.2 Å². The van der Waals surface area contributed by atoms with Crippen LogP contribution in [0.15, 0.2) is 41.1 Å². The molecule has 152 valence electrons. The number of hydrogen-bond acceptors (Lipinski definition) is 6. The zero-order valence-corrected chi connectivity index (χ0v) is 17.8. The number of nitrogens with zero attached hydrogens (tertiary/aromatic N) is 6. The second kappa shape index (κ2) is 8.62. The lowest BCUT2D eigenvalue weighted by atomic mass is 10.3. The van der Waals surface area contributed by atoms with Crippen LogP contribution in [0.25, 0.3) is 0 Å². The van der Waals surface area contributed by atoms with Crippen LogP contribution in [0.5, 0.6) is 5.75 Å². The maximum Gasteiger partial charge on any atom is 0.274 e. The van der Waals surface area contributed by atoms with Crippen molar-refractivity contribution in [2.24, 2.45) is 7.05 Å². The summed E-state index contributed by atoms with van der Waals surface area (Å²) in [7, 11) is 3.47. The number of hydrogen-bond donors (Lipinski definition) is 0. The minimum atomic E-state index is -0.540. The van der Waals surface area contributed by atoms with E-state index in [1.54, 1.807) is 37.2 Å². The third-order valence-electron chi connectivity index (χ3n) is 4.08. The number of aromatic nitrogens is 4. The first-order valence-corrected chi connectivity index (χ1v) is 9.45. The van der Waals surface area contributed by atoms with Gasteiger partial charge < -0.3 is 9.64 Å². The van der Waals surface area contributed by atoms with E-state index in [0.29, 0.717) is 6.54 Å². The number of nitro groups is 1. The summed E-state index contributed by atoms with van der Waals surface area (Å²) in [6.07, 6.45) is 3.27. The molecule has 12 heteroatoms. The normalized spacial score (nSPS) is 10.8. The van der Waals surface area contributed by atoms with Gasteiger partial charge in [-0.15, -0.1) is 0 Å². The van der Waals surface area contributed by atoms with E-state index in [1.807, 2.05) is 0 Å². The molecule has 3 rings (SSSR count). The molecule has 0 atom stereocenters. The molecule has 10 nitrogen and oxygen atoms in total. The predicted octanol–water partition coefficient (Wildman–Crippen LogP) is 3.25. The van der Waals surface area contributed by atoms with Crippen molar-refractivity contribution in [3.63, 3.8) is 0 Å². The van der Waals surface area contributed by atoms with E-state index in [2.05, 4.69) is 26.1 Å². The molecule has 0 spiro atoms. The fourth-order valence-electron chi connectivity index (χ4n) is 2.51. The van der Waals surface area contributed by atoms with Crippen LogP contribution in [0.4, 0.5) is 5.69 Å². The Hall–Kier alpha value is -2.92. The van der Waals surface area contributed by atoms with Crippen LogP contribution >= 0.6 is 27.5 Å². The van der Waals surface area contributed by atoms with Crippen molar-refractivity contribution < 1.29 is 14.5 Å². The molecule has 0 bridgehead atoms. The summed E-state index contributed by atoms with van der Waals surface area (Å²) in [5.74, 6) is 0.0176. The Morgan fingerprint density at radius 3 is 2.79 bits per heavy atom. The van der Waals surface area contributed by atoms with Gasteiger partial charge in [-0.05, 0) is 28.1 Å². The zero-order valence-electron chi connectivity index (χ0n) is 15.5. The minimum Gasteiger partial charge on any atom is -0.470 e. The van der Waals surface area contributed by atoms with Gasteiger partial charge in [0.05, 0.1) is 32.9 Å². The van der Waals surface area contributed by atoms with Crippen LogP contribution in [-0.4, -0.2) is 42.3 Å². The number of aryl methyl sites for hydroxylation is 1. The summed E-state index contributed by atoms with van der Waals surface area (Å²) >= 11 is 9.41. The number of ether oxygens (including phenoxy) is 1. The van der Waals surface area contributed by atoms with Crippen LogP contribution in [0.2, 0.25) is 5.02 Å². The summed E-state index contributed by atoms with van der Waals surface area (Å²) in [5, 5.41) is 19.2. The van der Waals surface area contributed by atoms with Gasteiger partial charge in [0, 0.05) is 32.4 Å². The second-order valence-electron chi connectivity index (χ2n) is 6.11. The van der Waals surface area contributed by atoms with E-state index in [9.17, 15) is 14.9 Å². The van der Waals surface area contributed by atoms with E-state index < -0.39 is 4.92 Å². The Kier molecular flexibility index (Phi) is 6.18. The van der Waals surface area contributed by atoms with Gasteiger partial charge in [0.2, 0.25) is 0 Å². The summed E-state index contributed by atoms with van der Waals surface area (Å²) in [6, 6.07) is 5.50. The highest BCUT2D eigenvalue weighted by molar-refractivity contribution is 9.10. The summed E-state index contributed by atoms with van der Waals surface area (Å²) in [5.41, 5.74) is 0.984. The van der Waals surface area contributed by atoms with Gasteiger partial charge in [-0.2, -0.15) is 10.2 Å². The molecule has 1 aromatic carbocycles. The number of benzene rings is 1. The minimum absolute atomic E-state index is 0.0121. The van der Waals surface area contributed by atoms with E-state index in [-0.39, 0.29) is 34.8 Å². The van der Waals surface area contributed by atoms with Crippen molar-refractivity contribution in [1.29, 1.82) is 0 Å². The Morgan fingerprint density at radius 1 is 1.41 bits per heavy atom. The Morgan fingerprint density at radius 2 is 2.17 bits per heavy atom. The molecule has 0 unspecified atom stereocenters. The molecule has 0 aliphatic carbocycles. The van der Waals surface area contributed by atoms with Gasteiger partial charge in [-0.3, -0.25) is 19.6 Å². The molecule has 2 aromatic heterocycles. The summed E-state index contributed by atoms with van der Waals surface area (Å²) in [4.78, 5) is 24.4. The average molecular weight is 484 g/mol. The number of non-ortho nitro benzene ring substituents is 1. The predicted molar refractivity (Wildman–Crippen MR) is 108 cm³/mol. The van der Waals surface area contributed by atoms with Crippen molar-refractivity contribution >= 4 is 39.1 Å². The number of rotatable bonds is 7. The molecule has 3 aromatic rings. The van der Waals surface area contributed by atoms with Crippen molar-refractivity contribution in [3.8, 4) is 5.75 Å².